The van der Waals surface area contributed by atoms with Crippen molar-refractivity contribution in [1.29, 1.82) is 0 Å². The summed E-state index contributed by atoms with van der Waals surface area (Å²) >= 11 is 0. The first-order chi connectivity index (χ1) is 13.4. The molecule has 0 unspecified atom stereocenters. The van der Waals surface area contributed by atoms with Crippen LogP contribution in [0.5, 0.6) is 0 Å². The lowest BCUT2D eigenvalue weighted by Gasteiger charge is -2.19. The predicted octanol–water partition coefficient (Wildman–Crippen LogP) is 2.37. The first-order valence-electron chi connectivity index (χ1n) is 8.26. The number of anilines is 1. The number of amides is 1. The van der Waals surface area contributed by atoms with E-state index in [-0.39, 0.29) is 22.8 Å². The molecule has 0 atom stereocenters. The van der Waals surface area contributed by atoms with Crippen molar-refractivity contribution < 1.29 is 17.6 Å². The number of benzene rings is 1. The summed E-state index contributed by atoms with van der Waals surface area (Å²) in [5.74, 6) is -0.988. The van der Waals surface area contributed by atoms with Gasteiger partial charge in [0.15, 0.2) is 0 Å². The maximum absolute atomic E-state index is 13.1. The summed E-state index contributed by atoms with van der Waals surface area (Å²) in [6.45, 7) is 0.218. The van der Waals surface area contributed by atoms with Gasteiger partial charge in [0, 0.05) is 19.4 Å². The second-order valence-electron chi connectivity index (χ2n) is 5.83. The van der Waals surface area contributed by atoms with Crippen LogP contribution in [0.2, 0.25) is 0 Å². The molecule has 0 aliphatic carbocycles. The summed E-state index contributed by atoms with van der Waals surface area (Å²) in [6, 6.07) is 12.7. The molecule has 0 saturated carbocycles. The molecule has 1 N–H and O–H groups in total. The van der Waals surface area contributed by atoms with Gasteiger partial charge in [-0.05, 0) is 48.5 Å². The van der Waals surface area contributed by atoms with E-state index in [4.69, 9.17) is 0 Å². The Kier molecular flexibility index (Phi) is 5.65. The first kappa shape index (κ1) is 19.4. The van der Waals surface area contributed by atoms with Gasteiger partial charge >= 0.3 is 0 Å². The summed E-state index contributed by atoms with van der Waals surface area (Å²) in [5, 5.41) is 2.68. The summed E-state index contributed by atoms with van der Waals surface area (Å²) in [7, 11) is -2.56. The van der Waals surface area contributed by atoms with Crippen molar-refractivity contribution in [2.24, 2.45) is 0 Å². The van der Waals surface area contributed by atoms with E-state index in [1.54, 1.807) is 18.3 Å². The lowest BCUT2D eigenvalue weighted by molar-refractivity contribution is 0.0945. The second-order valence-corrected chi connectivity index (χ2v) is 7.80. The normalized spacial score (nSPS) is 11.1. The maximum atomic E-state index is 13.1. The van der Waals surface area contributed by atoms with E-state index in [1.165, 1.54) is 37.5 Å². The highest BCUT2D eigenvalue weighted by Gasteiger charge is 2.22. The van der Waals surface area contributed by atoms with Crippen LogP contribution >= 0.6 is 0 Å². The molecule has 2 aromatic heterocycles. The highest BCUT2D eigenvalue weighted by atomic mass is 32.2. The maximum Gasteiger partial charge on any atom is 0.270 e. The number of sulfonamides is 1. The van der Waals surface area contributed by atoms with E-state index >= 15 is 0 Å². The molecule has 144 valence electrons. The zero-order chi connectivity index (χ0) is 20.1. The molecule has 9 heteroatoms. The SMILES string of the molecule is CN(c1ccnc(C(=O)NCc2ccccn2)c1)S(=O)(=O)c1ccc(F)cc1. The Bertz CT molecular complexity index is 1070. The Morgan fingerprint density at radius 3 is 2.50 bits per heavy atom. The average molecular weight is 400 g/mol. The van der Waals surface area contributed by atoms with Gasteiger partial charge in [0.05, 0.1) is 22.8 Å². The first-order valence-corrected chi connectivity index (χ1v) is 9.70. The monoisotopic (exact) mass is 400 g/mol. The fraction of sp³-hybridized carbons (Fsp3) is 0.105. The van der Waals surface area contributed by atoms with Crippen molar-refractivity contribution >= 4 is 21.6 Å². The molecule has 1 aromatic carbocycles. The molecule has 0 aliphatic rings. The van der Waals surface area contributed by atoms with E-state index in [2.05, 4.69) is 15.3 Å². The van der Waals surface area contributed by atoms with Crippen molar-refractivity contribution in [2.75, 3.05) is 11.4 Å². The topological polar surface area (TPSA) is 92.3 Å². The molecule has 0 fully saturated rings. The third kappa shape index (κ3) is 4.32. The number of hydrogen-bond acceptors (Lipinski definition) is 5. The molecule has 3 rings (SSSR count). The van der Waals surface area contributed by atoms with Crippen LogP contribution in [0, 0.1) is 5.82 Å². The number of pyridine rings is 2. The summed E-state index contributed by atoms with van der Waals surface area (Å²) in [6.07, 6.45) is 2.97. The van der Waals surface area contributed by atoms with Gasteiger partial charge in [-0.15, -0.1) is 0 Å². The number of carbonyl (C=O) groups is 1. The van der Waals surface area contributed by atoms with Crippen LogP contribution in [0.15, 0.2) is 71.9 Å². The molecule has 3 aromatic rings. The van der Waals surface area contributed by atoms with Gasteiger partial charge < -0.3 is 5.32 Å². The van der Waals surface area contributed by atoms with Crippen molar-refractivity contribution in [1.82, 2.24) is 15.3 Å². The van der Waals surface area contributed by atoms with Gasteiger partial charge in [-0.25, -0.2) is 12.8 Å². The number of aromatic nitrogens is 2. The zero-order valence-corrected chi connectivity index (χ0v) is 15.7. The van der Waals surface area contributed by atoms with E-state index in [9.17, 15) is 17.6 Å². The molecule has 0 saturated heterocycles. The van der Waals surface area contributed by atoms with Crippen molar-refractivity contribution in [2.45, 2.75) is 11.4 Å². The number of rotatable bonds is 6. The Balaban J connectivity index is 1.78. The molecule has 0 bridgehead atoms. The van der Waals surface area contributed by atoms with Crippen molar-refractivity contribution in [3.63, 3.8) is 0 Å². The molecule has 0 radical (unpaired) electrons. The third-order valence-electron chi connectivity index (χ3n) is 3.97. The number of carbonyl (C=O) groups excluding carboxylic acids is 1. The van der Waals surface area contributed by atoms with Crippen LogP contribution in [0.3, 0.4) is 0 Å². The molecule has 0 aliphatic heterocycles. The van der Waals surface area contributed by atoms with Gasteiger partial charge in [-0.3, -0.25) is 19.1 Å². The minimum atomic E-state index is -3.91. The van der Waals surface area contributed by atoms with E-state index in [1.807, 2.05) is 6.07 Å². The zero-order valence-electron chi connectivity index (χ0n) is 14.9. The van der Waals surface area contributed by atoms with E-state index in [0.29, 0.717) is 5.69 Å². The van der Waals surface area contributed by atoms with Gasteiger partial charge in [-0.1, -0.05) is 6.07 Å². The van der Waals surface area contributed by atoms with Gasteiger partial charge in [-0.2, -0.15) is 0 Å². The summed E-state index contributed by atoms with van der Waals surface area (Å²) in [5.41, 5.74) is 1.000. The number of hydrogen-bond donors (Lipinski definition) is 1. The van der Waals surface area contributed by atoms with Gasteiger partial charge in [0.25, 0.3) is 15.9 Å². The number of nitrogens with one attached hydrogen (secondary N) is 1. The van der Waals surface area contributed by atoms with Crippen LogP contribution in [0.4, 0.5) is 10.1 Å². The molecule has 2 heterocycles. The fourth-order valence-electron chi connectivity index (χ4n) is 2.41. The van der Waals surface area contributed by atoms with Gasteiger partial charge in [0.1, 0.15) is 11.5 Å². The van der Waals surface area contributed by atoms with Crippen molar-refractivity contribution in [3.8, 4) is 0 Å². The highest BCUT2D eigenvalue weighted by molar-refractivity contribution is 7.92. The Labute approximate surface area is 161 Å². The minimum absolute atomic E-state index is 0.0608. The van der Waals surface area contributed by atoms with Crippen LogP contribution in [0.1, 0.15) is 16.2 Å². The van der Waals surface area contributed by atoms with Crippen LogP contribution < -0.4 is 9.62 Å². The molecule has 28 heavy (non-hydrogen) atoms. The minimum Gasteiger partial charge on any atom is -0.345 e. The standard InChI is InChI=1S/C19H17FN4O3S/c1-24(28(26,27)17-7-5-14(20)6-8-17)16-9-11-22-18(12-16)19(25)23-13-15-4-2-3-10-21-15/h2-12H,13H2,1H3,(H,23,25). The fourth-order valence-corrected chi connectivity index (χ4v) is 3.59. The Morgan fingerprint density at radius 2 is 1.82 bits per heavy atom. The number of halogens is 1. The lowest BCUT2D eigenvalue weighted by atomic mass is 10.3. The molecular weight excluding hydrogens is 383 g/mol. The number of nitrogens with zero attached hydrogens (tertiary/aromatic N) is 3. The average Bonchev–Trinajstić information content (AvgIpc) is 2.72. The van der Waals surface area contributed by atoms with Crippen LogP contribution in [-0.4, -0.2) is 31.3 Å². The third-order valence-corrected chi connectivity index (χ3v) is 5.77. The molecule has 7 nitrogen and oxygen atoms in total. The predicted molar refractivity (Wildman–Crippen MR) is 102 cm³/mol. The van der Waals surface area contributed by atoms with Crippen molar-refractivity contribution in [3.05, 3.63) is 84.2 Å². The summed E-state index contributed by atoms with van der Waals surface area (Å²) < 4.78 is 39.5. The van der Waals surface area contributed by atoms with E-state index in [0.717, 1.165) is 16.4 Å². The second kappa shape index (κ2) is 8.13. The lowest BCUT2D eigenvalue weighted by Crippen LogP contribution is -2.28. The molecule has 1 amide bonds. The quantitative estimate of drug-likeness (QED) is 0.686. The van der Waals surface area contributed by atoms with Crippen LogP contribution in [-0.2, 0) is 16.6 Å². The Hall–Kier alpha value is -3.33. The highest BCUT2D eigenvalue weighted by Crippen LogP contribution is 2.22. The Morgan fingerprint density at radius 1 is 1.07 bits per heavy atom. The largest absolute Gasteiger partial charge is 0.345 e. The smallest absolute Gasteiger partial charge is 0.270 e. The summed E-state index contributed by atoms with van der Waals surface area (Å²) in [4.78, 5) is 20.4. The molecule has 0 spiro atoms. The van der Waals surface area contributed by atoms with Crippen LogP contribution in [0.25, 0.3) is 0 Å². The van der Waals surface area contributed by atoms with E-state index < -0.39 is 21.7 Å². The molecular formula is C19H17FN4O3S. The van der Waals surface area contributed by atoms with Gasteiger partial charge in [0.2, 0.25) is 0 Å².